The summed E-state index contributed by atoms with van der Waals surface area (Å²) < 4.78 is 25.9. The van der Waals surface area contributed by atoms with Crippen molar-refractivity contribution in [2.45, 2.75) is 13.0 Å². The lowest BCUT2D eigenvalue weighted by atomic mass is 9.98. The van der Waals surface area contributed by atoms with Crippen molar-refractivity contribution in [3.63, 3.8) is 0 Å². The van der Waals surface area contributed by atoms with Crippen LogP contribution in [0.2, 0.25) is 0 Å². The monoisotopic (exact) mass is 592 g/mol. The Morgan fingerprint density at radius 2 is 1.77 bits per heavy atom. The zero-order valence-electron chi connectivity index (χ0n) is 23.8. The number of morpholine rings is 1. The molecule has 6 rings (SSSR count). The first-order valence-electron chi connectivity index (χ1n) is 14.1. The number of nitrogens with one attached hydrogen (secondary N) is 2. The molecule has 5 aromatic rings. The highest BCUT2D eigenvalue weighted by molar-refractivity contribution is 6.16. The SMILES string of the molecule is CC(Nc1ncnc(N)c1C(=N)c1cccc(C(=O)N2CCOCC2)c1)c1oc2ccccc2c(=O)c1-c1cccc(F)c1. The van der Waals surface area contributed by atoms with Crippen molar-refractivity contribution in [1.29, 1.82) is 5.41 Å². The zero-order valence-corrected chi connectivity index (χ0v) is 23.8. The molecule has 0 aliphatic carbocycles. The van der Waals surface area contributed by atoms with Crippen LogP contribution in [-0.2, 0) is 4.74 Å². The molecule has 1 amide bonds. The molecule has 222 valence electrons. The molecular weight excluding hydrogens is 563 g/mol. The van der Waals surface area contributed by atoms with Crippen molar-refractivity contribution < 1.29 is 18.3 Å². The quantitative estimate of drug-likeness (QED) is 0.223. The van der Waals surface area contributed by atoms with E-state index in [-0.39, 0.29) is 45.6 Å². The molecule has 0 bridgehead atoms. The number of nitrogen functional groups attached to an aromatic ring is 1. The summed E-state index contributed by atoms with van der Waals surface area (Å²) >= 11 is 0. The van der Waals surface area contributed by atoms with Gasteiger partial charge < -0.3 is 25.1 Å². The Balaban J connectivity index is 1.38. The van der Waals surface area contributed by atoms with Gasteiger partial charge >= 0.3 is 0 Å². The largest absolute Gasteiger partial charge is 0.458 e. The third-order valence-electron chi connectivity index (χ3n) is 7.51. The van der Waals surface area contributed by atoms with Crippen LogP contribution in [0, 0.1) is 11.2 Å². The second-order valence-electron chi connectivity index (χ2n) is 10.4. The predicted octanol–water partition coefficient (Wildman–Crippen LogP) is 5.03. The Morgan fingerprint density at radius 3 is 2.57 bits per heavy atom. The van der Waals surface area contributed by atoms with Crippen LogP contribution in [0.25, 0.3) is 22.1 Å². The lowest BCUT2D eigenvalue weighted by molar-refractivity contribution is 0.0303. The van der Waals surface area contributed by atoms with Crippen molar-refractivity contribution in [2.24, 2.45) is 0 Å². The van der Waals surface area contributed by atoms with Crippen LogP contribution in [0.4, 0.5) is 16.0 Å². The summed E-state index contributed by atoms with van der Waals surface area (Å²) in [6.45, 7) is 3.71. The molecule has 3 heterocycles. The third-order valence-corrected chi connectivity index (χ3v) is 7.51. The van der Waals surface area contributed by atoms with E-state index in [1.807, 2.05) is 0 Å². The Morgan fingerprint density at radius 1 is 1.02 bits per heavy atom. The number of amides is 1. The van der Waals surface area contributed by atoms with Crippen LogP contribution in [-0.4, -0.2) is 52.8 Å². The van der Waals surface area contributed by atoms with Crippen molar-refractivity contribution in [2.75, 3.05) is 37.4 Å². The van der Waals surface area contributed by atoms with Crippen molar-refractivity contribution in [1.82, 2.24) is 14.9 Å². The van der Waals surface area contributed by atoms with Crippen LogP contribution < -0.4 is 16.5 Å². The number of anilines is 2. The number of nitrogens with two attached hydrogens (primary N) is 1. The van der Waals surface area contributed by atoms with Gasteiger partial charge in [0.05, 0.1) is 41.5 Å². The van der Waals surface area contributed by atoms with Gasteiger partial charge in [-0.05, 0) is 48.9 Å². The van der Waals surface area contributed by atoms with E-state index >= 15 is 0 Å². The first-order valence-corrected chi connectivity index (χ1v) is 14.1. The van der Waals surface area contributed by atoms with Crippen molar-refractivity contribution in [3.8, 4) is 11.1 Å². The number of ether oxygens (including phenoxy) is 1. The fourth-order valence-corrected chi connectivity index (χ4v) is 5.31. The van der Waals surface area contributed by atoms with Crippen molar-refractivity contribution in [3.05, 3.63) is 118 Å². The van der Waals surface area contributed by atoms with E-state index in [4.69, 9.17) is 20.3 Å². The highest BCUT2D eigenvalue weighted by atomic mass is 19.1. The topological polar surface area (TPSA) is 147 Å². The number of aromatic nitrogens is 2. The molecule has 1 unspecified atom stereocenters. The van der Waals surface area contributed by atoms with E-state index in [2.05, 4.69) is 15.3 Å². The van der Waals surface area contributed by atoms with Crippen molar-refractivity contribution >= 4 is 34.2 Å². The average Bonchev–Trinajstić information content (AvgIpc) is 3.04. The molecule has 1 fully saturated rings. The number of fused-ring (bicyclic) bond motifs is 1. The van der Waals surface area contributed by atoms with Gasteiger partial charge in [0.25, 0.3) is 5.91 Å². The molecule has 4 N–H and O–H groups in total. The summed E-state index contributed by atoms with van der Waals surface area (Å²) in [5.41, 5.74) is 8.02. The number of hydrogen-bond acceptors (Lipinski definition) is 9. The Labute approximate surface area is 251 Å². The van der Waals surface area contributed by atoms with Gasteiger partial charge in [0, 0.05) is 24.2 Å². The molecule has 0 spiro atoms. The van der Waals surface area contributed by atoms with Gasteiger partial charge in [0.1, 0.15) is 35.1 Å². The number of para-hydroxylation sites is 1. The fourth-order valence-electron chi connectivity index (χ4n) is 5.31. The van der Waals surface area contributed by atoms with E-state index in [1.54, 1.807) is 66.4 Å². The first-order chi connectivity index (χ1) is 21.3. The predicted molar refractivity (Wildman–Crippen MR) is 165 cm³/mol. The normalized spacial score (nSPS) is 13.9. The van der Waals surface area contributed by atoms with Gasteiger partial charge in [0.2, 0.25) is 5.43 Å². The lowest BCUT2D eigenvalue weighted by Crippen LogP contribution is -2.40. The molecular formula is C33H29FN6O4. The number of halogens is 1. The van der Waals surface area contributed by atoms with Gasteiger partial charge in [-0.25, -0.2) is 14.4 Å². The number of hydrogen-bond donors (Lipinski definition) is 3. The maximum atomic E-state index is 14.3. The summed E-state index contributed by atoms with van der Waals surface area (Å²) in [5.74, 6) is -0.110. The Kier molecular flexibility index (Phi) is 7.86. The van der Waals surface area contributed by atoms with Gasteiger partial charge in [-0.3, -0.25) is 15.0 Å². The smallest absolute Gasteiger partial charge is 0.254 e. The van der Waals surface area contributed by atoms with Gasteiger partial charge in [-0.1, -0.05) is 36.4 Å². The van der Waals surface area contributed by atoms with E-state index in [1.165, 1.54) is 24.5 Å². The first kappa shape index (κ1) is 28.7. The maximum absolute atomic E-state index is 14.3. The summed E-state index contributed by atoms with van der Waals surface area (Å²) in [6.07, 6.45) is 1.27. The standard InChI is InChI=1S/C33H29FN6O4/c1-19(30-26(20-6-5-9-23(34)17-20)29(41)24-10-2-3-11-25(24)44-30)39-32-27(31(36)37-18-38-32)28(35)21-7-4-8-22(16-21)33(42)40-12-14-43-15-13-40/h2-11,16-19,35H,12-15H2,1H3,(H3,36,37,38,39). The molecule has 10 nitrogen and oxygen atoms in total. The second kappa shape index (κ2) is 12.1. The number of nitrogens with zero attached hydrogens (tertiary/aromatic N) is 3. The number of carbonyl (C=O) groups is 1. The van der Waals surface area contributed by atoms with Gasteiger partial charge in [-0.2, -0.15) is 0 Å². The maximum Gasteiger partial charge on any atom is 0.254 e. The van der Waals surface area contributed by atoms with Crippen LogP contribution in [0.1, 0.15) is 40.2 Å². The number of carbonyl (C=O) groups excluding carboxylic acids is 1. The summed E-state index contributed by atoms with van der Waals surface area (Å²) in [6, 6.07) is 18.7. The fraction of sp³-hybridized carbons (Fsp3) is 0.182. The molecule has 11 heteroatoms. The van der Waals surface area contributed by atoms with Gasteiger partial charge in [-0.15, -0.1) is 0 Å². The van der Waals surface area contributed by atoms with Gasteiger partial charge in [0.15, 0.2) is 0 Å². The molecule has 1 saturated heterocycles. The van der Waals surface area contributed by atoms with E-state index < -0.39 is 11.9 Å². The Hall–Kier alpha value is -5.42. The van der Waals surface area contributed by atoms with Crippen LogP contribution in [0.3, 0.4) is 0 Å². The summed E-state index contributed by atoms with van der Waals surface area (Å²) in [4.78, 5) is 37.0. The molecule has 3 aromatic carbocycles. The molecule has 1 aliphatic rings. The summed E-state index contributed by atoms with van der Waals surface area (Å²) in [7, 11) is 0. The molecule has 0 radical (unpaired) electrons. The minimum absolute atomic E-state index is 0.000236. The summed E-state index contributed by atoms with van der Waals surface area (Å²) in [5, 5.41) is 12.7. The van der Waals surface area contributed by atoms with E-state index in [0.717, 1.165) is 0 Å². The molecule has 0 saturated carbocycles. The molecule has 2 aromatic heterocycles. The Bertz CT molecular complexity index is 1950. The molecule has 1 atom stereocenters. The zero-order chi connectivity index (χ0) is 30.8. The molecule has 44 heavy (non-hydrogen) atoms. The third kappa shape index (κ3) is 5.52. The number of benzene rings is 3. The highest BCUT2D eigenvalue weighted by Crippen LogP contribution is 2.32. The van der Waals surface area contributed by atoms with Crippen LogP contribution in [0.5, 0.6) is 0 Å². The van der Waals surface area contributed by atoms with E-state index in [0.29, 0.717) is 54.0 Å². The van der Waals surface area contributed by atoms with E-state index in [9.17, 15) is 14.0 Å². The van der Waals surface area contributed by atoms with Crippen LogP contribution >= 0.6 is 0 Å². The number of rotatable bonds is 7. The molecule has 1 aliphatic heterocycles. The lowest BCUT2D eigenvalue weighted by Gasteiger charge is -2.27. The van der Waals surface area contributed by atoms with Crippen LogP contribution in [0.15, 0.2) is 88.3 Å². The minimum atomic E-state index is -0.680. The average molecular weight is 593 g/mol. The highest BCUT2D eigenvalue weighted by Gasteiger charge is 2.25. The second-order valence-corrected chi connectivity index (χ2v) is 10.4. The minimum Gasteiger partial charge on any atom is -0.458 e.